The Labute approximate surface area is 198 Å². The van der Waals surface area contributed by atoms with E-state index < -0.39 is 15.9 Å². The van der Waals surface area contributed by atoms with Crippen LogP contribution in [0.1, 0.15) is 28.3 Å². The van der Waals surface area contributed by atoms with Gasteiger partial charge in [-0.3, -0.25) is 14.3 Å². The predicted molar refractivity (Wildman–Crippen MR) is 128 cm³/mol. The van der Waals surface area contributed by atoms with E-state index in [0.717, 1.165) is 5.56 Å². The smallest absolute Gasteiger partial charge is 0.261 e. The van der Waals surface area contributed by atoms with E-state index in [0.29, 0.717) is 18.7 Å². The van der Waals surface area contributed by atoms with Gasteiger partial charge < -0.3 is 15.4 Å². The molecule has 0 bridgehead atoms. The molecule has 0 radical (unpaired) electrons. The van der Waals surface area contributed by atoms with Crippen molar-refractivity contribution in [3.05, 3.63) is 90.0 Å². The lowest BCUT2D eigenvalue weighted by Crippen LogP contribution is -2.29. The Morgan fingerprint density at radius 1 is 0.971 bits per heavy atom. The Morgan fingerprint density at radius 2 is 1.68 bits per heavy atom. The Kier molecular flexibility index (Phi) is 7.12. The van der Waals surface area contributed by atoms with E-state index in [-0.39, 0.29) is 41.1 Å². The van der Waals surface area contributed by atoms with E-state index >= 15 is 0 Å². The number of nitrogens with one attached hydrogen (secondary N) is 3. The van der Waals surface area contributed by atoms with Crippen molar-refractivity contribution in [3.8, 4) is 5.75 Å². The molecule has 0 aliphatic carbocycles. The second kappa shape index (κ2) is 10.4. The molecule has 9 heteroatoms. The Hall–Kier alpha value is -3.85. The van der Waals surface area contributed by atoms with Gasteiger partial charge in [0.2, 0.25) is 5.91 Å². The molecule has 0 spiro atoms. The zero-order valence-corrected chi connectivity index (χ0v) is 19.2. The molecule has 1 aliphatic rings. The molecule has 34 heavy (non-hydrogen) atoms. The predicted octanol–water partition coefficient (Wildman–Crippen LogP) is 2.90. The molecule has 0 aromatic heterocycles. The molecule has 3 aromatic carbocycles. The van der Waals surface area contributed by atoms with Crippen LogP contribution in [0.15, 0.2) is 83.8 Å². The number of sulfonamides is 1. The van der Waals surface area contributed by atoms with Crippen LogP contribution in [0.25, 0.3) is 0 Å². The minimum Gasteiger partial charge on any atom is -0.492 e. The fraction of sp³-hybridized carbons (Fsp3) is 0.200. The second-order valence-electron chi connectivity index (χ2n) is 7.84. The van der Waals surface area contributed by atoms with E-state index in [1.807, 2.05) is 30.3 Å². The van der Waals surface area contributed by atoms with Gasteiger partial charge in [-0.2, -0.15) is 0 Å². The van der Waals surface area contributed by atoms with E-state index in [1.54, 1.807) is 30.3 Å². The fourth-order valence-electron chi connectivity index (χ4n) is 3.68. The summed E-state index contributed by atoms with van der Waals surface area (Å²) in [6, 6.07) is 22.1. The lowest BCUT2D eigenvalue weighted by molar-refractivity contribution is -0.119. The molecule has 4 rings (SSSR count). The second-order valence-corrected chi connectivity index (χ2v) is 9.53. The lowest BCUT2D eigenvalue weighted by Gasteiger charge is -2.14. The summed E-state index contributed by atoms with van der Waals surface area (Å²) in [5, 5.41) is 5.52. The monoisotopic (exact) mass is 479 g/mol. The van der Waals surface area contributed by atoms with E-state index in [1.165, 1.54) is 18.2 Å². The molecule has 1 atom stereocenters. The number of rotatable bonds is 9. The Bertz CT molecular complexity index is 1260. The number of benzene rings is 3. The molecule has 1 aliphatic heterocycles. The normalized spacial score (nSPS) is 15.4. The van der Waals surface area contributed by atoms with Gasteiger partial charge in [-0.1, -0.05) is 42.5 Å². The summed E-state index contributed by atoms with van der Waals surface area (Å²) in [5.41, 5.74) is 1.28. The summed E-state index contributed by atoms with van der Waals surface area (Å²) >= 11 is 0. The van der Waals surface area contributed by atoms with E-state index in [4.69, 9.17) is 4.74 Å². The maximum atomic E-state index is 12.9. The van der Waals surface area contributed by atoms with Gasteiger partial charge >= 0.3 is 0 Å². The van der Waals surface area contributed by atoms with Crippen molar-refractivity contribution in [1.82, 2.24) is 10.6 Å². The first-order valence-electron chi connectivity index (χ1n) is 10.9. The van der Waals surface area contributed by atoms with Gasteiger partial charge in [0, 0.05) is 18.9 Å². The number of carbonyl (C=O) groups is 2. The number of carbonyl (C=O) groups excluding carboxylic acids is 2. The van der Waals surface area contributed by atoms with Gasteiger partial charge in [0.25, 0.3) is 15.9 Å². The molecule has 1 heterocycles. The Morgan fingerprint density at radius 3 is 2.38 bits per heavy atom. The van der Waals surface area contributed by atoms with Crippen LogP contribution < -0.4 is 20.1 Å². The summed E-state index contributed by atoms with van der Waals surface area (Å²) in [6.07, 6.45) is 0.392. The van der Waals surface area contributed by atoms with Crippen LogP contribution in [0, 0.1) is 0 Å². The molecule has 0 saturated carbocycles. The SMILES string of the molecule is O=C1C[C@@H](c2ccc(S(=O)(=O)Nc3ccccc3C(=O)NCCOc3ccccc3)cc2)CN1. The highest BCUT2D eigenvalue weighted by Gasteiger charge is 2.24. The van der Waals surface area contributed by atoms with Crippen molar-refractivity contribution in [1.29, 1.82) is 0 Å². The van der Waals surface area contributed by atoms with Gasteiger partial charge in [0.15, 0.2) is 0 Å². The van der Waals surface area contributed by atoms with Crippen molar-refractivity contribution < 1.29 is 22.7 Å². The third kappa shape index (κ3) is 5.74. The van der Waals surface area contributed by atoms with Gasteiger partial charge in [-0.25, -0.2) is 8.42 Å². The molecule has 0 unspecified atom stereocenters. The van der Waals surface area contributed by atoms with Gasteiger partial charge in [-0.05, 0) is 42.0 Å². The summed E-state index contributed by atoms with van der Waals surface area (Å²) in [7, 11) is -3.92. The van der Waals surface area contributed by atoms with Crippen molar-refractivity contribution >= 4 is 27.5 Å². The number of ether oxygens (including phenoxy) is 1. The minimum atomic E-state index is -3.92. The highest BCUT2D eigenvalue weighted by Crippen LogP contribution is 2.25. The summed E-state index contributed by atoms with van der Waals surface area (Å²) in [6.45, 7) is 1.08. The largest absolute Gasteiger partial charge is 0.492 e. The standard InChI is InChI=1S/C25H25N3O5S/c29-24-16-19(17-27-24)18-10-12-21(13-11-18)34(31,32)28-23-9-5-4-8-22(23)25(30)26-14-15-33-20-6-2-1-3-7-20/h1-13,19,28H,14-17H2,(H,26,30)(H,27,29)/t19-/m1/s1. The maximum absolute atomic E-state index is 12.9. The first-order chi connectivity index (χ1) is 16.4. The summed E-state index contributed by atoms with van der Waals surface area (Å²) < 4.78 is 34.0. The number of hydrogen-bond acceptors (Lipinski definition) is 5. The number of anilines is 1. The van der Waals surface area contributed by atoms with Crippen LogP contribution in [0.5, 0.6) is 5.75 Å². The summed E-state index contributed by atoms with van der Waals surface area (Å²) in [5.74, 6) is 0.313. The van der Waals surface area contributed by atoms with Crippen molar-refractivity contribution in [2.75, 3.05) is 24.4 Å². The molecule has 1 saturated heterocycles. The quantitative estimate of drug-likeness (QED) is 0.409. The average molecular weight is 480 g/mol. The van der Waals surface area contributed by atoms with Crippen molar-refractivity contribution in [2.45, 2.75) is 17.2 Å². The molecule has 3 N–H and O–H groups in total. The van der Waals surface area contributed by atoms with E-state index in [2.05, 4.69) is 15.4 Å². The zero-order valence-electron chi connectivity index (χ0n) is 18.4. The minimum absolute atomic E-state index is 0.00937. The third-order valence-electron chi connectivity index (χ3n) is 5.45. The number of hydrogen-bond donors (Lipinski definition) is 3. The molecular weight excluding hydrogens is 454 g/mol. The highest BCUT2D eigenvalue weighted by atomic mass is 32.2. The van der Waals surface area contributed by atoms with Crippen molar-refractivity contribution in [2.24, 2.45) is 0 Å². The first-order valence-corrected chi connectivity index (χ1v) is 12.4. The van der Waals surface area contributed by atoms with Gasteiger partial charge in [0.1, 0.15) is 12.4 Å². The van der Waals surface area contributed by atoms with Crippen LogP contribution in [0.3, 0.4) is 0 Å². The average Bonchev–Trinajstić information content (AvgIpc) is 3.29. The first kappa shape index (κ1) is 23.3. The third-order valence-corrected chi connectivity index (χ3v) is 6.84. The molecular formula is C25H25N3O5S. The van der Waals surface area contributed by atoms with Crippen LogP contribution >= 0.6 is 0 Å². The van der Waals surface area contributed by atoms with Crippen LogP contribution in [-0.2, 0) is 14.8 Å². The molecule has 3 aromatic rings. The van der Waals surface area contributed by atoms with Crippen LogP contribution in [0.4, 0.5) is 5.69 Å². The molecule has 176 valence electrons. The van der Waals surface area contributed by atoms with Crippen molar-refractivity contribution in [3.63, 3.8) is 0 Å². The topological polar surface area (TPSA) is 114 Å². The Balaban J connectivity index is 1.39. The number of para-hydroxylation sites is 2. The van der Waals surface area contributed by atoms with Crippen LogP contribution in [-0.4, -0.2) is 39.9 Å². The van der Waals surface area contributed by atoms with E-state index in [9.17, 15) is 18.0 Å². The number of amides is 2. The summed E-state index contributed by atoms with van der Waals surface area (Å²) in [4.78, 5) is 24.2. The zero-order chi connectivity index (χ0) is 24.0. The lowest BCUT2D eigenvalue weighted by atomic mass is 9.99. The molecule has 1 fully saturated rings. The molecule has 2 amide bonds. The molecule has 8 nitrogen and oxygen atoms in total. The fourth-order valence-corrected chi connectivity index (χ4v) is 4.76. The van der Waals surface area contributed by atoms with Crippen LogP contribution in [0.2, 0.25) is 0 Å². The maximum Gasteiger partial charge on any atom is 0.261 e. The highest BCUT2D eigenvalue weighted by molar-refractivity contribution is 7.92. The van der Waals surface area contributed by atoms with Gasteiger partial charge in [-0.15, -0.1) is 0 Å². The van der Waals surface area contributed by atoms with Gasteiger partial charge in [0.05, 0.1) is 22.7 Å².